The molecule has 0 radical (unpaired) electrons. The molecule has 0 unspecified atom stereocenters. The number of benzene rings is 1. The number of aromatic nitrogens is 3. The molecule has 0 amide bonds. The van der Waals surface area contributed by atoms with E-state index in [9.17, 15) is 4.79 Å². The van der Waals surface area contributed by atoms with Crippen molar-refractivity contribution in [1.82, 2.24) is 14.8 Å². The molecule has 0 aliphatic heterocycles. The van der Waals surface area contributed by atoms with Crippen molar-refractivity contribution in [2.45, 2.75) is 24.4 Å². The number of methoxy groups -OCH3 is 1. The molecule has 1 heterocycles. The molecule has 2 aromatic rings. The number of nitrogens with one attached hydrogen (secondary N) is 1. The van der Waals surface area contributed by atoms with Gasteiger partial charge < -0.3 is 10.5 Å². The van der Waals surface area contributed by atoms with E-state index < -0.39 is 0 Å². The predicted molar refractivity (Wildman–Crippen MR) is 75.5 cm³/mol. The molecule has 0 bridgehead atoms. The third kappa shape index (κ3) is 3.11. The molecule has 0 saturated carbocycles. The van der Waals surface area contributed by atoms with E-state index in [0.29, 0.717) is 23.1 Å². The molecular formula is C12H16N4O2S. The van der Waals surface area contributed by atoms with Crippen LogP contribution in [0.15, 0.2) is 28.2 Å². The predicted octanol–water partition coefficient (Wildman–Crippen LogP) is 1.47. The van der Waals surface area contributed by atoms with Crippen molar-refractivity contribution in [3.8, 4) is 5.75 Å². The summed E-state index contributed by atoms with van der Waals surface area (Å²) in [7, 11) is 1.61. The average molecular weight is 280 g/mol. The van der Waals surface area contributed by atoms with Crippen LogP contribution in [0.1, 0.15) is 12.5 Å². The number of hydrogen-bond acceptors (Lipinski definition) is 5. The van der Waals surface area contributed by atoms with E-state index in [4.69, 9.17) is 10.5 Å². The van der Waals surface area contributed by atoms with Crippen LogP contribution in [0.2, 0.25) is 0 Å². The van der Waals surface area contributed by atoms with Gasteiger partial charge in [-0.3, -0.25) is 4.57 Å². The summed E-state index contributed by atoms with van der Waals surface area (Å²) in [5.74, 6) is 1.40. The standard InChI is InChI=1S/C12H16N4O2S/c1-3-16-11(17)14-15-12(16)19-7-8-4-9(13)6-10(5-8)18-2/h4-6H,3,7,13H2,1-2H3,(H,14,17). The summed E-state index contributed by atoms with van der Waals surface area (Å²) in [4.78, 5) is 11.4. The summed E-state index contributed by atoms with van der Waals surface area (Å²) in [5.41, 5.74) is 7.30. The molecular weight excluding hydrogens is 264 g/mol. The van der Waals surface area contributed by atoms with Gasteiger partial charge in [0.2, 0.25) is 0 Å². The number of H-pyrrole nitrogens is 1. The number of nitrogens with two attached hydrogens (primary N) is 1. The molecule has 0 atom stereocenters. The summed E-state index contributed by atoms with van der Waals surface area (Å²) >= 11 is 1.48. The Balaban J connectivity index is 2.14. The zero-order chi connectivity index (χ0) is 13.8. The van der Waals surface area contributed by atoms with Crippen molar-refractivity contribution in [1.29, 1.82) is 0 Å². The lowest BCUT2D eigenvalue weighted by molar-refractivity contribution is 0.414. The number of rotatable bonds is 5. The Morgan fingerprint density at radius 1 is 1.47 bits per heavy atom. The number of anilines is 1. The van der Waals surface area contributed by atoms with Crippen LogP contribution in [-0.4, -0.2) is 21.9 Å². The third-order valence-corrected chi connectivity index (χ3v) is 3.68. The van der Waals surface area contributed by atoms with E-state index in [1.54, 1.807) is 17.7 Å². The van der Waals surface area contributed by atoms with Crippen LogP contribution in [0.25, 0.3) is 0 Å². The number of ether oxygens (including phenoxy) is 1. The maximum Gasteiger partial charge on any atom is 0.343 e. The second-order valence-corrected chi connectivity index (χ2v) is 4.90. The topological polar surface area (TPSA) is 85.9 Å². The molecule has 19 heavy (non-hydrogen) atoms. The molecule has 0 fully saturated rings. The van der Waals surface area contributed by atoms with E-state index in [0.717, 1.165) is 11.3 Å². The molecule has 3 N–H and O–H groups in total. The minimum Gasteiger partial charge on any atom is -0.497 e. The van der Waals surface area contributed by atoms with Gasteiger partial charge in [-0.05, 0) is 24.6 Å². The lowest BCUT2D eigenvalue weighted by atomic mass is 10.2. The first-order valence-corrected chi connectivity index (χ1v) is 6.84. The summed E-state index contributed by atoms with van der Waals surface area (Å²) < 4.78 is 6.76. The van der Waals surface area contributed by atoms with Crippen LogP contribution < -0.4 is 16.2 Å². The van der Waals surface area contributed by atoms with Gasteiger partial charge >= 0.3 is 5.69 Å². The quantitative estimate of drug-likeness (QED) is 0.640. The molecule has 0 spiro atoms. The van der Waals surface area contributed by atoms with E-state index in [1.807, 2.05) is 19.1 Å². The summed E-state index contributed by atoms with van der Waals surface area (Å²) in [6, 6.07) is 5.58. The Labute approximate surface area is 115 Å². The van der Waals surface area contributed by atoms with E-state index >= 15 is 0 Å². The van der Waals surface area contributed by atoms with Crippen molar-refractivity contribution < 1.29 is 4.74 Å². The zero-order valence-corrected chi connectivity index (χ0v) is 11.7. The molecule has 0 aliphatic rings. The first-order valence-electron chi connectivity index (χ1n) is 5.85. The van der Waals surface area contributed by atoms with Gasteiger partial charge in [-0.2, -0.15) is 0 Å². The van der Waals surface area contributed by atoms with Crippen molar-refractivity contribution in [2.24, 2.45) is 0 Å². The maximum atomic E-state index is 11.4. The Hall–Kier alpha value is -1.89. The highest BCUT2D eigenvalue weighted by Crippen LogP contribution is 2.24. The van der Waals surface area contributed by atoms with E-state index in [-0.39, 0.29) is 5.69 Å². The third-order valence-electron chi connectivity index (χ3n) is 2.63. The first kappa shape index (κ1) is 13.5. The molecule has 0 aliphatic carbocycles. The van der Waals surface area contributed by atoms with Gasteiger partial charge in [0.05, 0.1) is 7.11 Å². The van der Waals surface area contributed by atoms with Gasteiger partial charge in [-0.1, -0.05) is 11.8 Å². The van der Waals surface area contributed by atoms with Crippen LogP contribution >= 0.6 is 11.8 Å². The number of aromatic amines is 1. The molecule has 2 rings (SSSR count). The van der Waals surface area contributed by atoms with Crippen LogP contribution in [0.3, 0.4) is 0 Å². The molecule has 102 valence electrons. The lowest BCUT2D eigenvalue weighted by Crippen LogP contribution is -2.16. The van der Waals surface area contributed by atoms with Gasteiger partial charge in [0.15, 0.2) is 5.16 Å². The summed E-state index contributed by atoms with van der Waals surface area (Å²) in [6.07, 6.45) is 0. The highest BCUT2D eigenvalue weighted by Gasteiger charge is 2.08. The van der Waals surface area contributed by atoms with Crippen LogP contribution in [-0.2, 0) is 12.3 Å². The molecule has 1 aromatic carbocycles. The van der Waals surface area contributed by atoms with Crippen molar-refractivity contribution >= 4 is 17.4 Å². The Morgan fingerprint density at radius 3 is 2.95 bits per heavy atom. The van der Waals surface area contributed by atoms with Gasteiger partial charge in [0.25, 0.3) is 0 Å². The van der Waals surface area contributed by atoms with Crippen LogP contribution in [0, 0.1) is 0 Å². The van der Waals surface area contributed by atoms with Crippen molar-refractivity contribution in [3.05, 3.63) is 34.2 Å². The Kier molecular flexibility index (Phi) is 4.16. The largest absolute Gasteiger partial charge is 0.497 e. The SMILES string of the molecule is CCn1c(SCc2cc(N)cc(OC)c2)n[nH]c1=O. The average Bonchev–Trinajstić information content (AvgIpc) is 2.76. The fraction of sp³-hybridized carbons (Fsp3) is 0.333. The van der Waals surface area contributed by atoms with Crippen molar-refractivity contribution in [3.63, 3.8) is 0 Å². The fourth-order valence-corrected chi connectivity index (χ4v) is 2.67. The van der Waals surface area contributed by atoms with E-state index in [2.05, 4.69) is 10.2 Å². The minimum absolute atomic E-state index is 0.185. The second-order valence-electron chi connectivity index (χ2n) is 3.96. The highest BCUT2D eigenvalue weighted by molar-refractivity contribution is 7.98. The van der Waals surface area contributed by atoms with Gasteiger partial charge in [-0.25, -0.2) is 9.89 Å². The maximum absolute atomic E-state index is 11.4. The number of hydrogen-bond donors (Lipinski definition) is 2. The Bertz CT molecular complexity index is 620. The molecule has 0 saturated heterocycles. The van der Waals surface area contributed by atoms with Crippen LogP contribution in [0.5, 0.6) is 5.75 Å². The molecule has 6 nitrogen and oxygen atoms in total. The monoisotopic (exact) mass is 280 g/mol. The fourth-order valence-electron chi connectivity index (χ4n) is 1.73. The number of nitrogen functional groups attached to an aromatic ring is 1. The summed E-state index contributed by atoms with van der Waals surface area (Å²) in [6.45, 7) is 2.50. The Morgan fingerprint density at radius 2 is 2.26 bits per heavy atom. The summed E-state index contributed by atoms with van der Waals surface area (Å²) in [5, 5.41) is 7.11. The number of thioether (sulfide) groups is 1. The van der Waals surface area contributed by atoms with Gasteiger partial charge in [-0.15, -0.1) is 5.10 Å². The normalized spacial score (nSPS) is 10.6. The first-order chi connectivity index (χ1) is 9.13. The second kappa shape index (κ2) is 5.83. The highest BCUT2D eigenvalue weighted by atomic mass is 32.2. The van der Waals surface area contributed by atoms with Gasteiger partial charge in [0.1, 0.15) is 5.75 Å². The molecule has 1 aromatic heterocycles. The van der Waals surface area contributed by atoms with Gasteiger partial charge in [0, 0.05) is 24.1 Å². The van der Waals surface area contributed by atoms with E-state index in [1.165, 1.54) is 11.8 Å². The minimum atomic E-state index is -0.185. The van der Waals surface area contributed by atoms with Crippen molar-refractivity contribution in [2.75, 3.05) is 12.8 Å². The van der Waals surface area contributed by atoms with Crippen LogP contribution in [0.4, 0.5) is 5.69 Å². The number of nitrogens with zero attached hydrogens (tertiary/aromatic N) is 2. The lowest BCUT2D eigenvalue weighted by Gasteiger charge is -2.06. The smallest absolute Gasteiger partial charge is 0.343 e. The zero-order valence-electron chi connectivity index (χ0n) is 10.8. The molecule has 7 heteroatoms.